The Kier molecular flexibility index (Phi) is 6.16. The molecule has 0 aliphatic rings. The Morgan fingerprint density at radius 2 is 1.95 bits per heavy atom. The van der Waals surface area contributed by atoms with Gasteiger partial charge in [-0.15, -0.1) is 5.10 Å². The first-order valence-corrected chi connectivity index (χ1v) is 6.64. The van der Waals surface area contributed by atoms with Crippen LogP contribution in [0.5, 0.6) is 0 Å². The van der Waals surface area contributed by atoms with Gasteiger partial charge < -0.3 is 16.8 Å². The largest absolute Gasteiger partial charge is 0.374 e. The van der Waals surface area contributed by atoms with Gasteiger partial charge in [0.1, 0.15) is 10.7 Å². The minimum atomic E-state index is -0.521. The Morgan fingerprint density at radius 3 is 2.47 bits per heavy atom. The smallest absolute Gasteiger partial charge is 0.231 e. The standard InChI is InChI=1S/C10H18N6O2S/c1-2-3-13-10-7(14-15-19-10)4-16(5-8(11)17)6-9(12)18/h13H,2-6H2,1H3,(H2,11,17)(H2,12,18). The van der Waals surface area contributed by atoms with E-state index in [1.54, 1.807) is 4.90 Å². The van der Waals surface area contributed by atoms with Crippen molar-refractivity contribution in [3.05, 3.63) is 5.69 Å². The number of hydrogen-bond donors (Lipinski definition) is 3. The molecule has 0 saturated heterocycles. The first kappa shape index (κ1) is 15.3. The summed E-state index contributed by atoms with van der Waals surface area (Å²) in [5.41, 5.74) is 11.0. The average Bonchev–Trinajstić information content (AvgIpc) is 2.72. The van der Waals surface area contributed by atoms with Crippen LogP contribution in [0.2, 0.25) is 0 Å². The third-order valence-electron chi connectivity index (χ3n) is 2.22. The normalized spacial score (nSPS) is 10.6. The van der Waals surface area contributed by atoms with Gasteiger partial charge in [0.15, 0.2) is 0 Å². The highest BCUT2D eigenvalue weighted by molar-refractivity contribution is 7.10. The monoisotopic (exact) mass is 286 g/mol. The number of rotatable bonds is 9. The van der Waals surface area contributed by atoms with Crippen molar-refractivity contribution in [2.45, 2.75) is 19.9 Å². The lowest BCUT2D eigenvalue weighted by atomic mass is 10.3. The zero-order valence-electron chi connectivity index (χ0n) is 10.8. The maximum Gasteiger partial charge on any atom is 0.231 e. The summed E-state index contributed by atoms with van der Waals surface area (Å²) < 4.78 is 3.86. The molecule has 0 saturated carbocycles. The van der Waals surface area contributed by atoms with Gasteiger partial charge in [0.2, 0.25) is 11.8 Å². The van der Waals surface area contributed by atoms with Gasteiger partial charge in [0.25, 0.3) is 0 Å². The summed E-state index contributed by atoms with van der Waals surface area (Å²) in [4.78, 5) is 23.5. The summed E-state index contributed by atoms with van der Waals surface area (Å²) in [5.74, 6) is -1.04. The molecule has 2 amide bonds. The lowest BCUT2D eigenvalue weighted by Gasteiger charge is -2.18. The fourth-order valence-electron chi connectivity index (χ4n) is 1.51. The Labute approximate surface area is 115 Å². The number of nitrogens with two attached hydrogens (primary N) is 2. The lowest BCUT2D eigenvalue weighted by Crippen LogP contribution is -2.39. The van der Waals surface area contributed by atoms with Crippen molar-refractivity contribution >= 4 is 28.3 Å². The minimum absolute atomic E-state index is 0.0479. The summed E-state index contributed by atoms with van der Waals surface area (Å²) in [5, 5.41) is 8.01. The molecule has 8 nitrogen and oxygen atoms in total. The molecule has 0 aromatic carbocycles. The Hall–Kier alpha value is -1.74. The number of anilines is 1. The molecule has 0 unspecified atom stereocenters. The second-order valence-electron chi connectivity index (χ2n) is 4.05. The van der Waals surface area contributed by atoms with Crippen molar-refractivity contribution in [3.63, 3.8) is 0 Å². The quantitative estimate of drug-likeness (QED) is 0.541. The molecule has 106 valence electrons. The van der Waals surface area contributed by atoms with Crippen molar-refractivity contribution in [1.82, 2.24) is 14.5 Å². The van der Waals surface area contributed by atoms with E-state index in [1.165, 1.54) is 11.5 Å². The van der Waals surface area contributed by atoms with Crippen molar-refractivity contribution < 1.29 is 9.59 Å². The van der Waals surface area contributed by atoms with Gasteiger partial charge in [-0.25, -0.2) is 0 Å². The van der Waals surface area contributed by atoms with Gasteiger partial charge in [0, 0.05) is 24.6 Å². The topological polar surface area (TPSA) is 127 Å². The zero-order chi connectivity index (χ0) is 14.3. The molecule has 9 heteroatoms. The molecule has 1 aromatic rings. The summed E-state index contributed by atoms with van der Waals surface area (Å²) in [6.45, 7) is 3.06. The second-order valence-corrected chi connectivity index (χ2v) is 4.81. The summed E-state index contributed by atoms with van der Waals surface area (Å²) in [6, 6.07) is 0. The van der Waals surface area contributed by atoms with Crippen LogP contribution >= 0.6 is 11.5 Å². The number of nitrogens with zero attached hydrogens (tertiary/aromatic N) is 3. The molecule has 19 heavy (non-hydrogen) atoms. The van der Waals surface area contributed by atoms with E-state index in [2.05, 4.69) is 14.9 Å². The van der Waals surface area contributed by atoms with Gasteiger partial charge in [-0.3, -0.25) is 14.5 Å². The molecule has 0 atom stereocenters. The first-order chi connectivity index (χ1) is 9.02. The lowest BCUT2D eigenvalue weighted by molar-refractivity contribution is -0.122. The van der Waals surface area contributed by atoms with E-state index in [0.29, 0.717) is 12.2 Å². The van der Waals surface area contributed by atoms with Gasteiger partial charge in [-0.1, -0.05) is 11.4 Å². The van der Waals surface area contributed by atoms with Gasteiger partial charge in [-0.2, -0.15) is 0 Å². The Balaban J connectivity index is 2.69. The predicted octanol–water partition coefficient (Wildman–Crippen LogP) is -0.867. The van der Waals surface area contributed by atoms with Crippen LogP contribution in [0, 0.1) is 0 Å². The number of hydrogen-bond acceptors (Lipinski definition) is 7. The van der Waals surface area contributed by atoms with E-state index in [4.69, 9.17) is 11.5 Å². The molecule has 5 N–H and O–H groups in total. The predicted molar refractivity (Wildman–Crippen MR) is 72.4 cm³/mol. The maximum absolute atomic E-state index is 11.0. The number of carbonyl (C=O) groups excluding carboxylic acids is 2. The van der Waals surface area contributed by atoms with Crippen LogP contribution < -0.4 is 16.8 Å². The van der Waals surface area contributed by atoms with Crippen LogP contribution in [0.25, 0.3) is 0 Å². The van der Waals surface area contributed by atoms with E-state index < -0.39 is 11.8 Å². The first-order valence-electron chi connectivity index (χ1n) is 5.87. The van der Waals surface area contributed by atoms with Crippen LogP contribution in [-0.2, 0) is 16.1 Å². The molecule has 0 fully saturated rings. The van der Waals surface area contributed by atoms with Crippen molar-refractivity contribution in [2.24, 2.45) is 11.5 Å². The molecule has 1 rings (SSSR count). The molecular formula is C10H18N6O2S. The zero-order valence-corrected chi connectivity index (χ0v) is 11.6. The minimum Gasteiger partial charge on any atom is -0.374 e. The van der Waals surface area contributed by atoms with Gasteiger partial charge >= 0.3 is 0 Å². The fraction of sp³-hybridized carbons (Fsp3) is 0.600. The molecule has 0 aliphatic heterocycles. The maximum atomic E-state index is 11.0. The molecule has 0 aliphatic carbocycles. The van der Waals surface area contributed by atoms with Crippen LogP contribution in [0.15, 0.2) is 0 Å². The van der Waals surface area contributed by atoms with E-state index in [1.807, 2.05) is 6.92 Å². The van der Waals surface area contributed by atoms with Crippen molar-refractivity contribution in [2.75, 3.05) is 25.0 Å². The molecule has 0 bridgehead atoms. The molecule has 0 radical (unpaired) electrons. The van der Waals surface area contributed by atoms with Crippen LogP contribution in [0.1, 0.15) is 19.0 Å². The number of amides is 2. The van der Waals surface area contributed by atoms with Gasteiger partial charge in [-0.05, 0) is 6.42 Å². The third kappa shape index (κ3) is 5.62. The Bertz CT molecular complexity index is 419. The average molecular weight is 286 g/mol. The highest BCUT2D eigenvalue weighted by atomic mass is 32.1. The van der Waals surface area contributed by atoms with E-state index in [-0.39, 0.29) is 13.1 Å². The van der Waals surface area contributed by atoms with Crippen LogP contribution in [-0.4, -0.2) is 45.9 Å². The van der Waals surface area contributed by atoms with E-state index in [9.17, 15) is 9.59 Å². The second kappa shape index (κ2) is 7.64. The van der Waals surface area contributed by atoms with Crippen molar-refractivity contribution in [1.29, 1.82) is 0 Å². The number of aromatic nitrogens is 2. The third-order valence-corrected chi connectivity index (χ3v) is 2.95. The van der Waals surface area contributed by atoms with E-state index >= 15 is 0 Å². The number of nitrogens with one attached hydrogen (secondary N) is 1. The summed E-state index contributed by atoms with van der Waals surface area (Å²) in [7, 11) is 0. The molecule has 0 spiro atoms. The van der Waals surface area contributed by atoms with Gasteiger partial charge in [0.05, 0.1) is 13.1 Å². The molecule has 1 aromatic heterocycles. The number of carbonyl (C=O) groups is 2. The Morgan fingerprint density at radius 1 is 1.32 bits per heavy atom. The van der Waals surface area contributed by atoms with E-state index in [0.717, 1.165) is 18.0 Å². The molecule has 1 heterocycles. The highest BCUT2D eigenvalue weighted by Crippen LogP contribution is 2.19. The van der Waals surface area contributed by atoms with Crippen molar-refractivity contribution in [3.8, 4) is 0 Å². The summed E-state index contributed by atoms with van der Waals surface area (Å²) in [6.07, 6.45) is 0.976. The number of primary amides is 2. The van der Waals surface area contributed by atoms with Crippen LogP contribution in [0.3, 0.4) is 0 Å². The summed E-state index contributed by atoms with van der Waals surface area (Å²) >= 11 is 1.24. The SMILES string of the molecule is CCCNc1snnc1CN(CC(N)=O)CC(N)=O. The molecular weight excluding hydrogens is 268 g/mol. The highest BCUT2D eigenvalue weighted by Gasteiger charge is 2.16. The fourth-order valence-corrected chi connectivity index (χ4v) is 2.10. The van der Waals surface area contributed by atoms with Crippen LogP contribution in [0.4, 0.5) is 5.00 Å².